The number of hydrogen-bond donors (Lipinski definition) is 2. The Labute approximate surface area is 117 Å². The number of nitrogens with one attached hydrogen (secondary N) is 1. The molecule has 0 aliphatic carbocycles. The highest BCUT2D eigenvalue weighted by Crippen LogP contribution is 2.10. The predicted molar refractivity (Wildman–Crippen MR) is 77.1 cm³/mol. The molecule has 0 radical (unpaired) electrons. The average Bonchev–Trinajstić information content (AvgIpc) is 2.27. The van der Waals surface area contributed by atoms with Crippen LogP contribution in [0.2, 0.25) is 0 Å². The van der Waals surface area contributed by atoms with Crippen LogP contribution in [-0.4, -0.2) is 71.7 Å². The van der Waals surface area contributed by atoms with Gasteiger partial charge in [-0.05, 0) is 27.3 Å². The summed E-state index contributed by atoms with van der Waals surface area (Å²) in [5, 5.41) is 13.1. The Balaban J connectivity index is 2.31. The highest BCUT2D eigenvalue weighted by Gasteiger charge is 2.25. The van der Waals surface area contributed by atoms with Crippen molar-refractivity contribution >= 4 is 5.91 Å². The van der Waals surface area contributed by atoms with Gasteiger partial charge in [-0.1, -0.05) is 6.92 Å². The Kier molecular flexibility index (Phi) is 6.23. The summed E-state index contributed by atoms with van der Waals surface area (Å²) in [6.45, 7) is 12.6. The molecule has 0 bridgehead atoms. The van der Waals surface area contributed by atoms with Crippen molar-refractivity contribution < 1.29 is 9.90 Å². The second kappa shape index (κ2) is 7.22. The zero-order valence-corrected chi connectivity index (χ0v) is 12.8. The van der Waals surface area contributed by atoms with Gasteiger partial charge in [-0.2, -0.15) is 0 Å². The molecule has 0 aromatic carbocycles. The summed E-state index contributed by atoms with van der Waals surface area (Å²) < 4.78 is 0. The van der Waals surface area contributed by atoms with Crippen molar-refractivity contribution in [3.8, 4) is 0 Å². The number of carbonyl (C=O) groups is 1. The van der Waals surface area contributed by atoms with E-state index in [1.165, 1.54) is 0 Å². The summed E-state index contributed by atoms with van der Waals surface area (Å²) in [5.41, 5.74) is -0.661. The number of hydrogen-bond acceptors (Lipinski definition) is 4. The Morgan fingerprint density at radius 3 is 2.37 bits per heavy atom. The molecule has 1 unspecified atom stereocenters. The maximum atomic E-state index is 12.1. The van der Waals surface area contributed by atoms with Gasteiger partial charge >= 0.3 is 0 Å². The van der Waals surface area contributed by atoms with Crippen LogP contribution in [0.25, 0.3) is 0 Å². The SMILES string of the molecule is CCNC(C)CC(=O)N1CCN(CC(C)(C)O)CC1. The summed E-state index contributed by atoms with van der Waals surface area (Å²) in [6.07, 6.45) is 0.569. The topological polar surface area (TPSA) is 55.8 Å². The molecule has 19 heavy (non-hydrogen) atoms. The fraction of sp³-hybridized carbons (Fsp3) is 0.929. The van der Waals surface area contributed by atoms with E-state index in [2.05, 4.69) is 17.1 Å². The van der Waals surface area contributed by atoms with Gasteiger partial charge in [0.05, 0.1) is 5.60 Å². The Morgan fingerprint density at radius 1 is 1.32 bits per heavy atom. The monoisotopic (exact) mass is 271 g/mol. The molecule has 1 amide bonds. The minimum Gasteiger partial charge on any atom is -0.389 e. The first-order valence-corrected chi connectivity index (χ1v) is 7.27. The van der Waals surface area contributed by atoms with E-state index in [9.17, 15) is 9.90 Å². The van der Waals surface area contributed by atoms with Gasteiger partial charge in [-0.15, -0.1) is 0 Å². The number of carbonyl (C=O) groups excluding carboxylic acids is 1. The summed E-state index contributed by atoms with van der Waals surface area (Å²) >= 11 is 0. The van der Waals surface area contributed by atoms with Crippen molar-refractivity contribution in [1.29, 1.82) is 0 Å². The Morgan fingerprint density at radius 2 is 1.89 bits per heavy atom. The fourth-order valence-corrected chi connectivity index (χ4v) is 2.51. The molecule has 0 saturated carbocycles. The first-order valence-electron chi connectivity index (χ1n) is 7.27. The van der Waals surface area contributed by atoms with Crippen LogP contribution < -0.4 is 5.32 Å². The molecular weight excluding hydrogens is 242 g/mol. The van der Waals surface area contributed by atoms with Gasteiger partial charge in [0.25, 0.3) is 0 Å². The highest BCUT2D eigenvalue weighted by atomic mass is 16.3. The van der Waals surface area contributed by atoms with E-state index < -0.39 is 5.60 Å². The third-order valence-corrected chi connectivity index (χ3v) is 3.37. The number of aliphatic hydroxyl groups is 1. The van der Waals surface area contributed by atoms with Gasteiger partial charge in [0.15, 0.2) is 0 Å². The molecule has 1 aliphatic rings. The average molecular weight is 271 g/mol. The molecular formula is C14H29N3O2. The van der Waals surface area contributed by atoms with Gasteiger partial charge in [-0.3, -0.25) is 9.69 Å². The fourth-order valence-electron chi connectivity index (χ4n) is 2.51. The van der Waals surface area contributed by atoms with E-state index in [1.807, 2.05) is 25.7 Å². The molecule has 1 saturated heterocycles. The van der Waals surface area contributed by atoms with Crippen molar-refractivity contribution in [2.45, 2.75) is 45.8 Å². The lowest BCUT2D eigenvalue weighted by Gasteiger charge is -2.37. The van der Waals surface area contributed by atoms with Crippen molar-refractivity contribution in [3.63, 3.8) is 0 Å². The molecule has 0 aromatic heterocycles. The molecule has 5 nitrogen and oxygen atoms in total. The molecule has 5 heteroatoms. The second-order valence-corrected chi connectivity index (χ2v) is 6.13. The van der Waals surface area contributed by atoms with E-state index in [0.717, 1.165) is 32.7 Å². The van der Waals surface area contributed by atoms with Crippen molar-refractivity contribution in [2.24, 2.45) is 0 Å². The number of β-amino-alcohol motifs (C(OH)–C–C–N with tert-alkyl or cyclic N) is 1. The van der Waals surface area contributed by atoms with Crippen LogP contribution in [0.15, 0.2) is 0 Å². The van der Waals surface area contributed by atoms with Crippen LogP contribution in [0.1, 0.15) is 34.1 Å². The van der Waals surface area contributed by atoms with E-state index in [1.54, 1.807) is 0 Å². The molecule has 0 spiro atoms. The minimum atomic E-state index is -0.661. The smallest absolute Gasteiger partial charge is 0.224 e. The van der Waals surface area contributed by atoms with Crippen LogP contribution in [0.3, 0.4) is 0 Å². The van der Waals surface area contributed by atoms with E-state index >= 15 is 0 Å². The standard InChI is InChI=1S/C14H29N3O2/c1-5-15-12(2)10-13(18)17-8-6-16(7-9-17)11-14(3,4)19/h12,15,19H,5-11H2,1-4H3. The zero-order chi connectivity index (χ0) is 14.5. The molecule has 1 aliphatic heterocycles. The van der Waals surface area contributed by atoms with Crippen LogP contribution in [0, 0.1) is 0 Å². The maximum Gasteiger partial charge on any atom is 0.224 e. The van der Waals surface area contributed by atoms with E-state index in [4.69, 9.17) is 0 Å². The van der Waals surface area contributed by atoms with Gasteiger partial charge < -0.3 is 15.3 Å². The molecule has 0 aromatic rings. The molecule has 1 rings (SSSR count). The molecule has 1 fully saturated rings. The van der Waals surface area contributed by atoms with Crippen molar-refractivity contribution in [1.82, 2.24) is 15.1 Å². The van der Waals surface area contributed by atoms with Crippen LogP contribution in [0.5, 0.6) is 0 Å². The second-order valence-electron chi connectivity index (χ2n) is 6.13. The van der Waals surface area contributed by atoms with E-state index in [0.29, 0.717) is 13.0 Å². The quantitative estimate of drug-likeness (QED) is 0.729. The summed E-state index contributed by atoms with van der Waals surface area (Å²) in [4.78, 5) is 16.3. The summed E-state index contributed by atoms with van der Waals surface area (Å²) in [7, 11) is 0. The lowest BCUT2D eigenvalue weighted by atomic mass is 10.1. The molecule has 1 heterocycles. The first-order chi connectivity index (χ1) is 8.81. The van der Waals surface area contributed by atoms with Gasteiger partial charge in [-0.25, -0.2) is 0 Å². The zero-order valence-electron chi connectivity index (χ0n) is 12.8. The van der Waals surface area contributed by atoms with Gasteiger partial charge in [0.1, 0.15) is 0 Å². The summed E-state index contributed by atoms with van der Waals surface area (Å²) in [6, 6.07) is 0.243. The lowest BCUT2D eigenvalue weighted by Crippen LogP contribution is -2.52. The Hall–Kier alpha value is -0.650. The van der Waals surface area contributed by atoms with Gasteiger partial charge in [0, 0.05) is 45.2 Å². The predicted octanol–water partition coefficient (Wildman–Crippen LogP) is 0.290. The number of nitrogens with zero attached hydrogens (tertiary/aromatic N) is 2. The molecule has 1 atom stereocenters. The van der Waals surface area contributed by atoms with Crippen molar-refractivity contribution in [3.05, 3.63) is 0 Å². The third-order valence-electron chi connectivity index (χ3n) is 3.37. The first kappa shape index (κ1) is 16.4. The summed E-state index contributed by atoms with van der Waals surface area (Å²) in [5.74, 6) is 0.233. The number of piperazine rings is 1. The van der Waals surface area contributed by atoms with E-state index in [-0.39, 0.29) is 11.9 Å². The minimum absolute atomic E-state index is 0.233. The number of amides is 1. The highest BCUT2D eigenvalue weighted by molar-refractivity contribution is 5.76. The number of rotatable bonds is 6. The van der Waals surface area contributed by atoms with Crippen LogP contribution >= 0.6 is 0 Å². The molecule has 112 valence electrons. The molecule has 2 N–H and O–H groups in total. The van der Waals surface area contributed by atoms with Gasteiger partial charge in [0.2, 0.25) is 5.91 Å². The van der Waals surface area contributed by atoms with Crippen LogP contribution in [-0.2, 0) is 4.79 Å². The maximum absolute atomic E-state index is 12.1. The largest absolute Gasteiger partial charge is 0.389 e. The third kappa shape index (κ3) is 6.36. The lowest BCUT2D eigenvalue weighted by molar-refractivity contribution is -0.133. The van der Waals surface area contributed by atoms with Crippen LogP contribution in [0.4, 0.5) is 0 Å². The Bertz CT molecular complexity index is 281. The van der Waals surface area contributed by atoms with Crippen molar-refractivity contribution in [2.75, 3.05) is 39.3 Å². The normalized spacial score (nSPS) is 19.5.